The number of rotatable bonds is 3. The number of amides is 1. The number of aryl methyl sites for hydroxylation is 1. The SMILES string of the molecule is Cc1csc(CNC2CCC(=O)NC2)n1. The van der Waals surface area contributed by atoms with Gasteiger partial charge in [0.05, 0.1) is 0 Å². The van der Waals surface area contributed by atoms with Crippen molar-refractivity contribution in [3.8, 4) is 0 Å². The van der Waals surface area contributed by atoms with Crippen LogP contribution in [0.15, 0.2) is 5.38 Å². The second-order valence-corrected chi connectivity index (χ2v) is 4.75. The molecule has 2 N–H and O–H groups in total. The van der Waals surface area contributed by atoms with E-state index in [1.165, 1.54) is 0 Å². The van der Waals surface area contributed by atoms with Crippen LogP contribution in [0, 0.1) is 6.92 Å². The van der Waals surface area contributed by atoms with Gasteiger partial charge in [-0.05, 0) is 13.3 Å². The molecule has 0 aliphatic carbocycles. The van der Waals surface area contributed by atoms with Crippen molar-refractivity contribution in [1.82, 2.24) is 15.6 Å². The van der Waals surface area contributed by atoms with Crippen LogP contribution < -0.4 is 10.6 Å². The number of aromatic nitrogens is 1. The topological polar surface area (TPSA) is 54.0 Å². The summed E-state index contributed by atoms with van der Waals surface area (Å²) >= 11 is 1.68. The van der Waals surface area contributed by atoms with E-state index in [1.54, 1.807) is 11.3 Å². The number of carbonyl (C=O) groups excluding carboxylic acids is 1. The van der Waals surface area contributed by atoms with Gasteiger partial charge in [-0.2, -0.15) is 0 Å². The Morgan fingerprint density at radius 2 is 2.60 bits per heavy atom. The first-order chi connectivity index (χ1) is 7.24. The number of hydrogen-bond acceptors (Lipinski definition) is 4. The predicted octanol–water partition coefficient (Wildman–Crippen LogP) is 0.820. The first-order valence-electron chi connectivity index (χ1n) is 5.15. The van der Waals surface area contributed by atoms with Crippen molar-refractivity contribution in [1.29, 1.82) is 0 Å². The van der Waals surface area contributed by atoms with Gasteiger partial charge in [-0.15, -0.1) is 11.3 Å². The Bertz CT molecular complexity index is 340. The Balaban J connectivity index is 1.76. The second-order valence-electron chi connectivity index (χ2n) is 3.80. The van der Waals surface area contributed by atoms with Gasteiger partial charge in [0, 0.05) is 36.6 Å². The van der Waals surface area contributed by atoms with Gasteiger partial charge >= 0.3 is 0 Å². The van der Waals surface area contributed by atoms with E-state index < -0.39 is 0 Å². The molecule has 0 bridgehead atoms. The fourth-order valence-corrected chi connectivity index (χ4v) is 2.35. The van der Waals surface area contributed by atoms with Crippen molar-refractivity contribution < 1.29 is 4.79 Å². The molecular weight excluding hydrogens is 210 g/mol. The lowest BCUT2D eigenvalue weighted by atomic mass is 10.1. The van der Waals surface area contributed by atoms with Crippen molar-refractivity contribution >= 4 is 17.2 Å². The molecule has 1 aliphatic heterocycles. The van der Waals surface area contributed by atoms with Crippen molar-refractivity contribution in [2.75, 3.05) is 6.54 Å². The van der Waals surface area contributed by atoms with Crippen LogP contribution in [0.25, 0.3) is 0 Å². The molecule has 0 saturated carbocycles. The monoisotopic (exact) mass is 225 g/mol. The van der Waals surface area contributed by atoms with Gasteiger partial charge < -0.3 is 10.6 Å². The summed E-state index contributed by atoms with van der Waals surface area (Å²) in [5, 5.41) is 9.43. The fraction of sp³-hybridized carbons (Fsp3) is 0.600. The maximum absolute atomic E-state index is 10.9. The summed E-state index contributed by atoms with van der Waals surface area (Å²) in [7, 11) is 0. The van der Waals surface area contributed by atoms with E-state index >= 15 is 0 Å². The molecule has 0 aromatic carbocycles. The highest BCUT2D eigenvalue weighted by Gasteiger charge is 2.17. The molecule has 0 radical (unpaired) electrons. The van der Waals surface area contributed by atoms with Gasteiger partial charge in [-0.1, -0.05) is 0 Å². The van der Waals surface area contributed by atoms with Crippen molar-refractivity contribution in [3.63, 3.8) is 0 Å². The summed E-state index contributed by atoms with van der Waals surface area (Å²) in [4.78, 5) is 15.3. The van der Waals surface area contributed by atoms with Crippen molar-refractivity contribution in [3.05, 3.63) is 16.1 Å². The lowest BCUT2D eigenvalue weighted by molar-refractivity contribution is -0.122. The Kier molecular flexibility index (Phi) is 3.33. The molecule has 1 amide bonds. The number of nitrogens with one attached hydrogen (secondary N) is 2. The number of piperidine rings is 1. The van der Waals surface area contributed by atoms with E-state index in [1.807, 2.05) is 6.92 Å². The van der Waals surface area contributed by atoms with Gasteiger partial charge in [-0.3, -0.25) is 4.79 Å². The van der Waals surface area contributed by atoms with Crippen LogP contribution in [0.4, 0.5) is 0 Å². The van der Waals surface area contributed by atoms with Crippen LogP contribution >= 0.6 is 11.3 Å². The standard InChI is InChI=1S/C10H15N3OS/c1-7-6-15-10(13-7)5-11-8-2-3-9(14)12-4-8/h6,8,11H,2-5H2,1H3,(H,12,14). The summed E-state index contributed by atoms with van der Waals surface area (Å²) in [5.41, 5.74) is 1.08. The summed E-state index contributed by atoms with van der Waals surface area (Å²) in [6.45, 7) is 3.54. The maximum atomic E-state index is 10.9. The van der Waals surface area contributed by atoms with Crippen LogP contribution in [0.1, 0.15) is 23.5 Å². The third kappa shape index (κ3) is 3.00. The minimum absolute atomic E-state index is 0.165. The number of nitrogens with zero attached hydrogens (tertiary/aromatic N) is 1. The summed E-state index contributed by atoms with van der Waals surface area (Å²) in [6, 6.07) is 0.395. The third-order valence-corrected chi connectivity index (χ3v) is 3.44. The molecule has 1 saturated heterocycles. The highest BCUT2D eigenvalue weighted by atomic mass is 32.1. The Hall–Kier alpha value is -0.940. The molecule has 2 rings (SSSR count). The number of hydrogen-bond donors (Lipinski definition) is 2. The predicted molar refractivity (Wildman–Crippen MR) is 59.7 cm³/mol. The number of thiazole rings is 1. The molecule has 4 nitrogen and oxygen atoms in total. The first kappa shape index (κ1) is 10.6. The molecule has 1 aromatic rings. The lowest BCUT2D eigenvalue weighted by Crippen LogP contribution is -2.45. The highest BCUT2D eigenvalue weighted by Crippen LogP contribution is 2.09. The zero-order valence-corrected chi connectivity index (χ0v) is 9.56. The van der Waals surface area contributed by atoms with E-state index in [9.17, 15) is 4.79 Å². The molecule has 15 heavy (non-hydrogen) atoms. The molecule has 82 valence electrons. The minimum Gasteiger partial charge on any atom is -0.355 e. The molecule has 1 aromatic heterocycles. The Morgan fingerprint density at radius 1 is 1.73 bits per heavy atom. The van der Waals surface area contributed by atoms with Gasteiger partial charge in [0.1, 0.15) is 5.01 Å². The van der Waals surface area contributed by atoms with Gasteiger partial charge in [0.2, 0.25) is 5.91 Å². The Labute approximate surface area is 93.1 Å². The van der Waals surface area contributed by atoms with E-state index in [-0.39, 0.29) is 5.91 Å². The average Bonchev–Trinajstić information content (AvgIpc) is 2.64. The molecule has 0 spiro atoms. The average molecular weight is 225 g/mol. The van der Waals surface area contributed by atoms with Crippen LogP contribution in [0.5, 0.6) is 0 Å². The van der Waals surface area contributed by atoms with Crippen molar-refractivity contribution in [2.24, 2.45) is 0 Å². The quantitative estimate of drug-likeness (QED) is 0.801. The van der Waals surface area contributed by atoms with E-state index in [4.69, 9.17) is 0 Å². The fourth-order valence-electron chi connectivity index (χ4n) is 1.62. The zero-order chi connectivity index (χ0) is 10.7. The van der Waals surface area contributed by atoms with E-state index in [0.29, 0.717) is 12.5 Å². The molecule has 1 aliphatic rings. The third-order valence-electron chi connectivity index (χ3n) is 2.47. The second kappa shape index (κ2) is 4.72. The van der Waals surface area contributed by atoms with Crippen molar-refractivity contribution in [2.45, 2.75) is 32.4 Å². The zero-order valence-electron chi connectivity index (χ0n) is 8.75. The van der Waals surface area contributed by atoms with Crippen LogP contribution in [0.2, 0.25) is 0 Å². The number of carbonyl (C=O) groups is 1. The first-order valence-corrected chi connectivity index (χ1v) is 6.03. The molecule has 1 fully saturated rings. The van der Waals surface area contributed by atoms with E-state index in [0.717, 1.165) is 30.2 Å². The molecule has 1 unspecified atom stereocenters. The lowest BCUT2D eigenvalue weighted by Gasteiger charge is -2.22. The smallest absolute Gasteiger partial charge is 0.220 e. The molecule has 2 heterocycles. The van der Waals surface area contributed by atoms with Gasteiger partial charge in [-0.25, -0.2) is 4.98 Å². The van der Waals surface area contributed by atoms with Crippen LogP contribution in [-0.4, -0.2) is 23.5 Å². The van der Waals surface area contributed by atoms with Gasteiger partial charge in [0.15, 0.2) is 0 Å². The highest BCUT2D eigenvalue weighted by molar-refractivity contribution is 7.09. The normalized spacial score (nSPS) is 21.4. The van der Waals surface area contributed by atoms with Gasteiger partial charge in [0.25, 0.3) is 0 Å². The van der Waals surface area contributed by atoms with E-state index in [2.05, 4.69) is 21.0 Å². The summed E-state index contributed by atoms with van der Waals surface area (Å²) in [5.74, 6) is 0.165. The summed E-state index contributed by atoms with van der Waals surface area (Å²) < 4.78 is 0. The largest absolute Gasteiger partial charge is 0.355 e. The van der Waals surface area contributed by atoms with Crippen LogP contribution in [-0.2, 0) is 11.3 Å². The molecule has 1 atom stereocenters. The molecule has 5 heteroatoms. The molecular formula is C10H15N3OS. The Morgan fingerprint density at radius 3 is 3.20 bits per heavy atom. The maximum Gasteiger partial charge on any atom is 0.220 e. The summed E-state index contributed by atoms with van der Waals surface area (Å²) in [6.07, 6.45) is 1.56. The minimum atomic E-state index is 0.165. The van der Waals surface area contributed by atoms with Crippen LogP contribution in [0.3, 0.4) is 0 Å².